The lowest BCUT2D eigenvalue weighted by molar-refractivity contribution is 0.0218. The van der Waals surface area contributed by atoms with Crippen LogP contribution in [0.5, 0.6) is 0 Å². The number of H-pyrrole nitrogens is 1. The molecular formula is C19H33N3O5Si. The number of carboxylic acids is 1. The lowest BCUT2D eigenvalue weighted by Crippen LogP contribution is -2.36. The van der Waals surface area contributed by atoms with Crippen LogP contribution >= 0.6 is 0 Å². The Bertz CT molecular complexity index is 705. The molecule has 2 N–H and O–H groups in total. The van der Waals surface area contributed by atoms with Gasteiger partial charge in [-0.1, -0.05) is 19.6 Å². The fraction of sp³-hybridized carbons (Fsp3) is 0.737. The third kappa shape index (κ3) is 6.34. The summed E-state index contributed by atoms with van der Waals surface area (Å²) >= 11 is 0. The number of nitrogens with one attached hydrogen (secondary N) is 1. The minimum absolute atomic E-state index is 0.0426. The summed E-state index contributed by atoms with van der Waals surface area (Å²) < 4.78 is 11.2. The Hall–Kier alpha value is -1.87. The van der Waals surface area contributed by atoms with E-state index in [2.05, 4.69) is 29.6 Å². The largest absolute Gasteiger partial charge is 0.476 e. The van der Waals surface area contributed by atoms with E-state index in [-0.39, 0.29) is 18.3 Å². The molecule has 0 spiro atoms. The zero-order valence-corrected chi connectivity index (χ0v) is 18.8. The summed E-state index contributed by atoms with van der Waals surface area (Å²) in [5.41, 5.74) is -0.192. The summed E-state index contributed by atoms with van der Waals surface area (Å²) in [6.07, 6.45) is 1.12. The van der Waals surface area contributed by atoms with E-state index in [1.54, 1.807) is 4.90 Å². The number of hydrogen-bond donors (Lipinski definition) is 2. The Morgan fingerprint density at radius 1 is 1.32 bits per heavy atom. The first-order valence-electron chi connectivity index (χ1n) is 9.77. The first-order chi connectivity index (χ1) is 12.9. The monoisotopic (exact) mass is 411 g/mol. The van der Waals surface area contributed by atoms with Crippen molar-refractivity contribution in [1.29, 1.82) is 0 Å². The van der Waals surface area contributed by atoms with Crippen LogP contribution in [0.3, 0.4) is 0 Å². The summed E-state index contributed by atoms with van der Waals surface area (Å²) in [7, 11) is -1.21. The van der Waals surface area contributed by atoms with E-state index in [0.717, 1.165) is 12.5 Å². The Morgan fingerprint density at radius 3 is 2.57 bits per heavy atom. The number of nitrogens with zero attached hydrogens (tertiary/aromatic N) is 2. The number of rotatable bonds is 7. The van der Waals surface area contributed by atoms with E-state index in [0.29, 0.717) is 31.1 Å². The lowest BCUT2D eigenvalue weighted by Gasteiger charge is -2.27. The van der Waals surface area contributed by atoms with Crippen molar-refractivity contribution in [1.82, 2.24) is 14.9 Å². The maximum Gasteiger partial charge on any atom is 0.410 e. The van der Waals surface area contributed by atoms with Crippen molar-refractivity contribution in [2.45, 2.75) is 77.5 Å². The van der Waals surface area contributed by atoms with Gasteiger partial charge < -0.3 is 19.6 Å². The highest BCUT2D eigenvalue weighted by Gasteiger charge is 2.36. The summed E-state index contributed by atoms with van der Waals surface area (Å²) in [4.78, 5) is 33.1. The topological polar surface area (TPSA) is 105 Å². The number of ether oxygens (including phenoxy) is 2. The molecule has 1 aliphatic heterocycles. The molecule has 1 unspecified atom stereocenters. The number of aromatic carboxylic acids is 1. The molecule has 0 aromatic carbocycles. The van der Waals surface area contributed by atoms with Crippen molar-refractivity contribution in [2.24, 2.45) is 0 Å². The second-order valence-corrected chi connectivity index (χ2v) is 15.1. The Balaban J connectivity index is 2.12. The Labute approximate surface area is 167 Å². The maximum atomic E-state index is 12.5. The second kappa shape index (κ2) is 8.65. The van der Waals surface area contributed by atoms with E-state index in [9.17, 15) is 14.7 Å². The van der Waals surface area contributed by atoms with Crippen molar-refractivity contribution >= 4 is 20.1 Å². The summed E-state index contributed by atoms with van der Waals surface area (Å²) in [5.74, 6) is -0.627. The average Bonchev–Trinajstić information content (AvgIpc) is 3.15. The van der Waals surface area contributed by atoms with Gasteiger partial charge in [0.15, 0.2) is 5.69 Å². The number of aromatic amines is 1. The van der Waals surface area contributed by atoms with Crippen LogP contribution in [0, 0.1) is 0 Å². The van der Waals surface area contributed by atoms with Gasteiger partial charge in [0.05, 0.1) is 18.3 Å². The van der Waals surface area contributed by atoms with Crippen LogP contribution in [0.4, 0.5) is 4.79 Å². The molecule has 0 saturated carbocycles. The van der Waals surface area contributed by atoms with Gasteiger partial charge in [-0.25, -0.2) is 14.6 Å². The van der Waals surface area contributed by atoms with Crippen molar-refractivity contribution in [3.8, 4) is 0 Å². The van der Waals surface area contributed by atoms with Crippen LogP contribution in [0.2, 0.25) is 25.7 Å². The van der Waals surface area contributed by atoms with Gasteiger partial charge in [-0.3, -0.25) is 4.90 Å². The SMILES string of the molecule is CC(C)(C)OC(=O)N1CCCC1c1nc(C(=O)O)c(COCC[Si](C)(C)C)[nH]1. The first-order valence-corrected chi connectivity index (χ1v) is 13.5. The molecule has 2 heterocycles. The molecule has 1 amide bonds. The maximum absolute atomic E-state index is 12.5. The molecule has 1 atom stereocenters. The van der Waals surface area contributed by atoms with Gasteiger partial charge in [0.1, 0.15) is 11.4 Å². The van der Waals surface area contributed by atoms with Gasteiger partial charge in [-0.2, -0.15) is 0 Å². The highest BCUT2D eigenvalue weighted by molar-refractivity contribution is 6.76. The molecule has 158 valence electrons. The summed E-state index contributed by atoms with van der Waals surface area (Å²) in [6.45, 7) is 13.6. The molecule has 2 rings (SSSR count). The Morgan fingerprint density at radius 2 is 2.00 bits per heavy atom. The van der Waals surface area contributed by atoms with Crippen LogP contribution in [0.15, 0.2) is 0 Å². The molecule has 0 radical (unpaired) electrons. The third-order valence-corrected chi connectivity index (χ3v) is 6.14. The van der Waals surface area contributed by atoms with Gasteiger partial charge >= 0.3 is 12.1 Å². The first kappa shape index (κ1) is 22.4. The predicted molar refractivity (Wildman–Crippen MR) is 108 cm³/mol. The molecule has 1 aromatic rings. The number of carbonyl (C=O) groups excluding carboxylic acids is 1. The van der Waals surface area contributed by atoms with Crippen molar-refractivity contribution < 1.29 is 24.2 Å². The molecular weight excluding hydrogens is 378 g/mol. The van der Waals surface area contributed by atoms with Crippen LogP contribution in [-0.4, -0.2) is 58.9 Å². The van der Waals surface area contributed by atoms with Gasteiger partial charge in [0.2, 0.25) is 0 Å². The standard InChI is InChI=1S/C19H33N3O5Si/c1-19(2,3)27-18(25)22-9-7-8-14(22)16-20-13(15(21-16)17(23)24)12-26-10-11-28(4,5)6/h14H,7-12H2,1-6H3,(H,20,21)(H,23,24). The van der Waals surface area contributed by atoms with Gasteiger partial charge in [-0.15, -0.1) is 0 Å². The zero-order chi connectivity index (χ0) is 21.1. The van der Waals surface area contributed by atoms with Crippen molar-refractivity contribution in [3.63, 3.8) is 0 Å². The van der Waals surface area contributed by atoms with E-state index < -0.39 is 25.7 Å². The molecule has 9 heteroatoms. The number of imidazole rings is 1. The number of aromatic nitrogens is 2. The molecule has 1 aliphatic rings. The van der Waals surface area contributed by atoms with Crippen LogP contribution in [0.25, 0.3) is 0 Å². The highest BCUT2D eigenvalue weighted by atomic mass is 28.3. The number of hydrogen-bond acceptors (Lipinski definition) is 5. The van der Waals surface area contributed by atoms with Crippen LogP contribution in [-0.2, 0) is 16.1 Å². The highest BCUT2D eigenvalue weighted by Crippen LogP contribution is 2.32. The molecule has 1 saturated heterocycles. The third-order valence-electron chi connectivity index (χ3n) is 4.44. The van der Waals surface area contributed by atoms with E-state index in [1.165, 1.54) is 0 Å². The summed E-state index contributed by atoms with van der Waals surface area (Å²) in [6, 6.07) is 0.689. The quantitative estimate of drug-likeness (QED) is 0.518. The number of carbonyl (C=O) groups is 2. The molecule has 8 nitrogen and oxygen atoms in total. The number of likely N-dealkylation sites (tertiary alicyclic amines) is 1. The van der Waals surface area contributed by atoms with Crippen molar-refractivity contribution in [2.75, 3.05) is 13.2 Å². The average molecular weight is 412 g/mol. The minimum Gasteiger partial charge on any atom is -0.476 e. The second-order valence-electron chi connectivity index (χ2n) is 9.45. The number of amides is 1. The molecule has 28 heavy (non-hydrogen) atoms. The number of carboxylic acid groups (broad SMARTS) is 1. The molecule has 0 aliphatic carbocycles. The molecule has 0 bridgehead atoms. The van der Waals surface area contributed by atoms with Crippen molar-refractivity contribution in [3.05, 3.63) is 17.2 Å². The lowest BCUT2D eigenvalue weighted by atomic mass is 10.2. The fourth-order valence-electron chi connectivity index (χ4n) is 3.01. The fourth-order valence-corrected chi connectivity index (χ4v) is 3.77. The van der Waals surface area contributed by atoms with Gasteiger partial charge in [-0.05, 0) is 39.7 Å². The van der Waals surface area contributed by atoms with E-state index in [4.69, 9.17) is 9.47 Å². The summed E-state index contributed by atoms with van der Waals surface area (Å²) in [5, 5.41) is 9.50. The Kier molecular flexibility index (Phi) is 6.92. The van der Waals surface area contributed by atoms with Crippen LogP contribution in [0.1, 0.15) is 61.7 Å². The van der Waals surface area contributed by atoms with Crippen LogP contribution < -0.4 is 0 Å². The minimum atomic E-state index is -1.21. The zero-order valence-electron chi connectivity index (χ0n) is 17.8. The molecule has 1 fully saturated rings. The predicted octanol–water partition coefficient (Wildman–Crippen LogP) is 4.03. The normalized spacial score (nSPS) is 17.8. The van der Waals surface area contributed by atoms with Gasteiger partial charge in [0.25, 0.3) is 0 Å². The smallest absolute Gasteiger partial charge is 0.410 e. The van der Waals surface area contributed by atoms with E-state index >= 15 is 0 Å². The van der Waals surface area contributed by atoms with Gasteiger partial charge in [0, 0.05) is 21.2 Å². The van der Waals surface area contributed by atoms with E-state index in [1.807, 2.05) is 20.8 Å². The molecule has 1 aromatic heterocycles.